The van der Waals surface area contributed by atoms with Crippen LogP contribution < -0.4 is 4.74 Å². The predicted octanol–water partition coefficient (Wildman–Crippen LogP) is 2.91. The first-order valence-electron chi connectivity index (χ1n) is 5.52. The molecule has 0 N–H and O–H groups in total. The smallest absolute Gasteiger partial charge is 0.273 e. The third-order valence-electron chi connectivity index (χ3n) is 2.62. The number of ether oxygens (including phenoxy) is 1. The molecule has 2 aromatic heterocycles. The molecule has 0 aliphatic carbocycles. The zero-order valence-corrected chi connectivity index (χ0v) is 10.7. The Morgan fingerprint density at radius 1 is 1.45 bits per heavy atom. The Bertz CT molecular complexity index is 808. The maximum absolute atomic E-state index is 11.1. The number of rotatable bonds is 4. The molecule has 8 heteroatoms. The number of nitrogens with zero attached hydrogens (tertiary/aromatic N) is 3. The van der Waals surface area contributed by atoms with Crippen LogP contribution in [0.1, 0.15) is 10.5 Å². The van der Waals surface area contributed by atoms with E-state index in [1.165, 1.54) is 29.5 Å². The Kier molecular flexibility index (Phi) is 2.92. The number of benzene rings is 1. The molecule has 0 spiro atoms. The number of nitro groups is 1. The lowest BCUT2D eigenvalue weighted by molar-refractivity contribution is -0.384. The molecule has 3 rings (SSSR count). The van der Waals surface area contributed by atoms with Crippen molar-refractivity contribution < 1.29 is 14.5 Å². The molecular formula is C12H7N3O4S. The number of non-ortho nitro benzene ring substituents is 1. The molecule has 0 aliphatic heterocycles. The maximum Gasteiger partial charge on any atom is 0.273 e. The van der Waals surface area contributed by atoms with Gasteiger partial charge in [-0.15, -0.1) is 11.3 Å². The van der Waals surface area contributed by atoms with Crippen molar-refractivity contribution in [1.29, 1.82) is 0 Å². The highest BCUT2D eigenvalue weighted by Gasteiger charge is 2.15. The van der Waals surface area contributed by atoms with Gasteiger partial charge < -0.3 is 4.74 Å². The summed E-state index contributed by atoms with van der Waals surface area (Å²) >= 11 is 1.36. The highest BCUT2D eigenvalue weighted by Crippen LogP contribution is 2.28. The van der Waals surface area contributed by atoms with Gasteiger partial charge in [-0.3, -0.25) is 19.3 Å². The van der Waals surface area contributed by atoms with E-state index >= 15 is 0 Å². The first kappa shape index (κ1) is 12.3. The molecule has 0 amide bonds. The van der Waals surface area contributed by atoms with Gasteiger partial charge in [0.1, 0.15) is 5.75 Å². The molecule has 0 saturated heterocycles. The molecule has 0 radical (unpaired) electrons. The Morgan fingerprint density at radius 2 is 2.30 bits per heavy atom. The molecule has 7 nitrogen and oxygen atoms in total. The molecule has 0 atom stereocenters. The first-order valence-corrected chi connectivity index (χ1v) is 6.40. The lowest BCUT2D eigenvalue weighted by Gasteiger charge is -2.02. The van der Waals surface area contributed by atoms with Crippen LogP contribution in [0.15, 0.2) is 35.8 Å². The summed E-state index contributed by atoms with van der Waals surface area (Å²) in [5, 5.41) is 12.5. The summed E-state index contributed by atoms with van der Waals surface area (Å²) in [6.45, 7) is 0. The zero-order chi connectivity index (χ0) is 14.1. The normalized spacial score (nSPS) is 10.6. The van der Waals surface area contributed by atoms with Crippen molar-refractivity contribution in [2.24, 2.45) is 0 Å². The van der Waals surface area contributed by atoms with Crippen molar-refractivity contribution in [2.45, 2.75) is 0 Å². The molecule has 20 heavy (non-hydrogen) atoms. The number of thiazole rings is 1. The Balaban J connectivity index is 2.00. The van der Waals surface area contributed by atoms with Crippen molar-refractivity contribution in [3.05, 3.63) is 51.7 Å². The van der Waals surface area contributed by atoms with E-state index in [0.717, 1.165) is 0 Å². The summed E-state index contributed by atoms with van der Waals surface area (Å²) < 4.78 is 7.08. The molecule has 0 unspecified atom stereocenters. The molecule has 0 fully saturated rings. The van der Waals surface area contributed by atoms with Gasteiger partial charge >= 0.3 is 0 Å². The Hall–Kier alpha value is -2.74. The third-order valence-corrected chi connectivity index (χ3v) is 3.38. The summed E-state index contributed by atoms with van der Waals surface area (Å²) in [4.78, 5) is 26.1. The molecular weight excluding hydrogens is 282 g/mol. The summed E-state index contributed by atoms with van der Waals surface area (Å²) in [5.41, 5.74) is 0.184. The van der Waals surface area contributed by atoms with E-state index in [9.17, 15) is 14.9 Å². The minimum atomic E-state index is -0.515. The average molecular weight is 289 g/mol. The Labute approximate surface area is 116 Å². The van der Waals surface area contributed by atoms with E-state index in [4.69, 9.17) is 4.74 Å². The van der Waals surface area contributed by atoms with E-state index in [1.807, 2.05) is 0 Å². The van der Waals surface area contributed by atoms with Crippen molar-refractivity contribution in [3.63, 3.8) is 0 Å². The van der Waals surface area contributed by atoms with Crippen LogP contribution in [0.4, 0.5) is 5.69 Å². The topological polar surface area (TPSA) is 86.7 Å². The fourth-order valence-electron chi connectivity index (χ4n) is 1.74. The zero-order valence-electron chi connectivity index (χ0n) is 9.92. The van der Waals surface area contributed by atoms with Crippen LogP contribution >= 0.6 is 11.3 Å². The van der Waals surface area contributed by atoms with Gasteiger partial charge in [-0.05, 0) is 6.07 Å². The van der Waals surface area contributed by atoms with Crippen molar-refractivity contribution in [3.8, 4) is 11.6 Å². The number of nitro benzene ring substituents is 1. The summed E-state index contributed by atoms with van der Waals surface area (Å²) in [5.74, 6) is 0.389. The fraction of sp³-hybridized carbons (Fsp3) is 0. The largest absolute Gasteiger partial charge is 0.437 e. The van der Waals surface area contributed by atoms with Crippen LogP contribution in [0.3, 0.4) is 0 Å². The van der Waals surface area contributed by atoms with Gasteiger partial charge in [0.15, 0.2) is 16.9 Å². The van der Waals surface area contributed by atoms with E-state index in [0.29, 0.717) is 11.2 Å². The minimum Gasteiger partial charge on any atom is -0.437 e. The second-order valence-corrected chi connectivity index (χ2v) is 4.71. The van der Waals surface area contributed by atoms with Gasteiger partial charge in [0, 0.05) is 17.6 Å². The molecule has 2 heterocycles. The standard InChI is InChI=1S/C12H7N3O4S/c16-7-10-11(13-12-14(10)4-5-20-12)19-9-3-1-2-8(6-9)15(17)18/h1-7H. The molecule has 3 aromatic rings. The molecule has 0 bridgehead atoms. The van der Waals surface area contributed by atoms with Crippen LogP contribution in [-0.2, 0) is 0 Å². The van der Waals surface area contributed by atoms with Crippen LogP contribution in [0.25, 0.3) is 4.96 Å². The number of hydrogen-bond donors (Lipinski definition) is 0. The van der Waals surface area contributed by atoms with E-state index in [-0.39, 0.29) is 23.0 Å². The summed E-state index contributed by atoms with van der Waals surface area (Å²) in [7, 11) is 0. The van der Waals surface area contributed by atoms with E-state index in [2.05, 4.69) is 4.98 Å². The van der Waals surface area contributed by atoms with E-state index in [1.54, 1.807) is 22.0 Å². The minimum absolute atomic E-state index is 0.0869. The molecule has 0 aliphatic rings. The van der Waals surface area contributed by atoms with Gasteiger partial charge in [0.25, 0.3) is 5.69 Å². The number of carbonyl (C=O) groups excluding carboxylic acids is 1. The second-order valence-electron chi connectivity index (χ2n) is 3.83. The second kappa shape index (κ2) is 4.74. The van der Waals surface area contributed by atoms with Crippen molar-refractivity contribution in [1.82, 2.24) is 9.38 Å². The SMILES string of the molecule is O=Cc1c(Oc2cccc([N+](=O)[O-])c2)nc2sccn12. The number of carbonyl (C=O) groups is 1. The quantitative estimate of drug-likeness (QED) is 0.418. The van der Waals surface area contributed by atoms with Crippen molar-refractivity contribution >= 4 is 28.3 Å². The highest BCUT2D eigenvalue weighted by atomic mass is 32.1. The Morgan fingerprint density at radius 3 is 3.05 bits per heavy atom. The van der Waals surface area contributed by atoms with Crippen LogP contribution in [-0.4, -0.2) is 20.6 Å². The van der Waals surface area contributed by atoms with Gasteiger partial charge in [-0.2, -0.15) is 4.98 Å². The van der Waals surface area contributed by atoms with Crippen molar-refractivity contribution in [2.75, 3.05) is 0 Å². The fourth-order valence-corrected chi connectivity index (χ4v) is 2.45. The number of hydrogen-bond acceptors (Lipinski definition) is 6. The summed E-state index contributed by atoms with van der Waals surface area (Å²) in [6.07, 6.45) is 2.34. The van der Waals surface area contributed by atoms with Crippen LogP contribution in [0.2, 0.25) is 0 Å². The van der Waals surface area contributed by atoms with Crippen LogP contribution in [0, 0.1) is 10.1 Å². The van der Waals surface area contributed by atoms with E-state index < -0.39 is 4.92 Å². The number of aldehydes is 1. The maximum atomic E-state index is 11.1. The average Bonchev–Trinajstić information content (AvgIpc) is 2.99. The molecule has 1 aromatic carbocycles. The highest BCUT2D eigenvalue weighted by molar-refractivity contribution is 7.15. The lowest BCUT2D eigenvalue weighted by Crippen LogP contribution is -1.93. The van der Waals surface area contributed by atoms with Gasteiger partial charge in [0.05, 0.1) is 11.0 Å². The molecule has 100 valence electrons. The molecule has 0 saturated carbocycles. The monoisotopic (exact) mass is 289 g/mol. The number of fused-ring (bicyclic) bond motifs is 1. The van der Waals surface area contributed by atoms with Crippen LogP contribution in [0.5, 0.6) is 11.6 Å². The van der Waals surface area contributed by atoms with Gasteiger partial charge in [-0.1, -0.05) is 6.07 Å². The summed E-state index contributed by atoms with van der Waals surface area (Å²) in [6, 6.07) is 5.71. The first-order chi connectivity index (χ1) is 9.69. The number of imidazole rings is 1. The predicted molar refractivity (Wildman–Crippen MR) is 71.6 cm³/mol. The van der Waals surface area contributed by atoms with Gasteiger partial charge in [-0.25, -0.2) is 0 Å². The van der Waals surface area contributed by atoms with Gasteiger partial charge in [0.2, 0.25) is 5.88 Å². The lowest BCUT2D eigenvalue weighted by atomic mass is 10.3. The third kappa shape index (κ3) is 2.01. The number of aromatic nitrogens is 2.